The molecule has 0 radical (unpaired) electrons. The van der Waals surface area contributed by atoms with Gasteiger partial charge in [-0.05, 0) is 37.3 Å². The van der Waals surface area contributed by atoms with Gasteiger partial charge in [0.15, 0.2) is 0 Å². The molecule has 0 bridgehead atoms. The highest BCUT2D eigenvalue weighted by Gasteiger charge is 2.26. The molecule has 1 aliphatic heterocycles. The predicted molar refractivity (Wildman–Crippen MR) is 99.1 cm³/mol. The lowest BCUT2D eigenvalue weighted by atomic mass is 9.92. The number of carbonyl (C=O) groups excluding carboxylic acids is 1. The Hall–Kier alpha value is -2.15. The van der Waals surface area contributed by atoms with Gasteiger partial charge in [-0.3, -0.25) is 14.0 Å². The van der Waals surface area contributed by atoms with Crippen LogP contribution in [-0.2, 0) is 11.3 Å². The molecule has 4 rings (SSSR count). The Morgan fingerprint density at radius 2 is 1.96 bits per heavy atom. The number of aromatic nitrogens is 3. The van der Waals surface area contributed by atoms with E-state index in [9.17, 15) is 9.59 Å². The van der Waals surface area contributed by atoms with Gasteiger partial charge < -0.3 is 4.90 Å². The maximum atomic E-state index is 12.7. The van der Waals surface area contributed by atoms with E-state index in [0.29, 0.717) is 17.4 Å². The maximum absolute atomic E-state index is 12.7. The fraction of sp³-hybridized carbons (Fsp3) is 0.500. The minimum absolute atomic E-state index is 0.00658. The average Bonchev–Trinajstić information content (AvgIpc) is 3.05. The molecule has 3 aromatic heterocycles. The Balaban J connectivity index is 1.64. The molecule has 1 fully saturated rings. The van der Waals surface area contributed by atoms with Crippen molar-refractivity contribution in [3.63, 3.8) is 0 Å². The van der Waals surface area contributed by atoms with Crippen LogP contribution in [0.4, 0.5) is 0 Å². The highest BCUT2D eigenvalue weighted by molar-refractivity contribution is 7.19. The molecule has 1 aliphatic rings. The third kappa shape index (κ3) is 2.86. The van der Waals surface area contributed by atoms with Gasteiger partial charge in [-0.1, -0.05) is 13.8 Å². The molecule has 25 heavy (non-hydrogen) atoms. The molecule has 4 heterocycles. The van der Waals surface area contributed by atoms with E-state index in [0.717, 1.165) is 29.7 Å². The number of hydrogen-bond acceptors (Lipinski definition) is 4. The van der Waals surface area contributed by atoms with Crippen LogP contribution in [0.5, 0.6) is 0 Å². The average molecular weight is 358 g/mol. The van der Waals surface area contributed by atoms with Crippen LogP contribution in [0.25, 0.3) is 15.7 Å². The monoisotopic (exact) mass is 358 g/mol. The number of thiophene rings is 1. The molecular weight excluding hydrogens is 336 g/mol. The van der Waals surface area contributed by atoms with Crippen molar-refractivity contribution in [1.82, 2.24) is 19.1 Å². The zero-order valence-corrected chi connectivity index (χ0v) is 15.5. The van der Waals surface area contributed by atoms with Gasteiger partial charge >= 0.3 is 0 Å². The first-order valence-electron chi connectivity index (χ1n) is 8.67. The highest BCUT2D eigenvalue weighted by atomic mass is 32.1. The summed E-state index contributed by atoms with van der Waals surface area (Å²) in [5.74, 6) is 0.975. The van der Waals surface area contributed by atoms with Gasteiger partial charge in [0.2, 0.25) is 5.91 Å². The number of likely N-dealkylation sites (tertiary alicyclic amines) is 1. The molecule has 0 N–H and O–H groups in total. The normalized spacial score (nSPS) is 21.3. The second kappa shape index (κ2) is 5.98. The largest absolute Gasteiger partial charge is 0.341 e. The molecule has 1 saturated heterocycles. The first kappa shape index (κ1) is 16.3. The van der Waals surface area contributed by atoms with Crippen LogP contribution < -0.4 is 5.56 Å². The maximum Gasteiger partial charge on any atom is 0.291 e. The number of hydrogen-bond donors (Lipinski definition) is 0. The van der Waals surface area contributed by atoms with Crippen LogP contribution >= 0.6 is 11.3 Å². The fourth-order valence-electron chi connectivity index (χ4n) is 3.93. The van der Waals surface area contributed by atoms with Gasteiger partial charge in [0.1, 0.15) is 18.4 Å². The molecule has 2 atom stereocenters. The predicted octanol–water partition coefficient (Wildman–Crippen LogP) is 2.52. The standard InChI is InChI=1S/C18H22N4O2S/c1-11-4-12(2)8-20(7-11)17(23)9-22-18(24)15-6-16-14(5-13(3)25-16)21(15)10-19-22/h5-6,10-12H,4,7-9H2,1-3H3/t11-,12-/m0/s1. The van der Waals surface area contributed by atoms with Crippen molar-refractivity contribution in [1.29, 1.82) is 0 Å². The topological polar surface area (TPSA) is 59.6 Å². The van der Waals surface area contributed by atoms with Crippen LogP contribution in [0.3, 0.4) is 0 Å². The van der Waals surface area contributed by atoms with E-state index in [4.69, 9.17) is 0 Å². The number of carbonyl (C=O) groups is 1. The Morgan fingerprint density at radius 1 is 1.24 bits per heavy atom. The summed E-state index contributed by atoms with van der Waals surface area (Å²) in [6.07, 6.45) is 2.79. The van der Waals surface area contributed by atoms with E-state index in [1.165, 1.54) is 9.56 Å². The van der Waals surface area contributed by atoms with Crippen molar-refractivity contribution in [3.05, 3.63) is 33.7 Å². The zero-order chi connectivity index (χ0) is 17.7. The van der Waals surface area contributed by atoms with Crippen molar-refractivity contribution >= 4 is 33.0 Å². The lowest BCUT2D eigenvalue weighted by Gasteiger charge is -2.35. The van der Waals surface area contributed by atoms with E-state index in [2.05, 4.69) is 25.0 Å². The summed E-state index contributed by atoms with van der Waals surface area (Å²) in [6.45, 7) is 7.92. The smallest absolute Gasteiger partial charge is 0.291 e. The van der Waals surface area contributed by atoms with Crippen molar-refractivity contribution < 1.29 is 4.79 Å². The zero-order valence-electron chi connectivity index (χ0n) is 14.7. The van der Waals surface area contributed by atoms with Gasteiger partial charge in [0, 0.05) is 18.0 Å². The molecule has 0 aromatic carbocycles. The first-order valence-corrected chi connectivity index (χ1v) is 9.49. The van der Waals surface area contributed by atoms with Crippen LogP contribution in [0.15, 0.2) is 23.3 Å². The summed E-state index contributed by atoms with van der Waals surface area (Å²) in [5.41, 5.74) is 1.36. The van der Waals surface area contributed by atoms with E-state index >= 15 is 0 Å². The Kier molecular flexibility index (Phi) is 3.91. The van der Waals surface area contributed by atoms with Crippen molar-refractivity contribution in [3.8, 4) is 0 Å². The molecule has 0 spiro atoms. The first-order chi connectivity index (χ1) is 11.9. The summed E-state index contributed by atoms with van der Waals surface area (Å²) in [5, 5.41) is 4.24. The Labute approximate surface area is 149 Å². The van der Waals surface area contributed by atoms with Crippen molar-refractivity contribution in [2.75, 3.05) is 13.1 Å². The summed E-state index contributed by atoms with van der Waals surface area (Å²) >= 11 is 1.66. The van der Waals surface area contributed by atoms with Crippen LogP contribution in [-0.4, -0.2) is 38.1 Å². The molecule has 0 saturated carbocycles. The quantitative estimate of drug-likeness (QED) is 0.707. The summed E-state index contributed by atoms with van der Waals surface area (Å²) in [6, 6.07) is 3.95. The lowest BCUT2D eigenvalue weighted by Crippen LogP contribution is -2.45. The lowest BCUT2D eigenvalue weighted by molar-refractivity contribution is -0.134. The number of amides is 1. The van der Waals surface area contributed by atoms with Gasteiger partial charge in [-0.25, -0.2) is 4.68 Å². The van der Waals surface area contributed by atoms with Gasteiger partial charge in [-0.2, -0.15) is 5.10 Å². The summed E-state index contributed by atoms with van der Waals surface area (Å²) < 4.78 is 4.17. The highest BCUT2D eigenvalue weighted by Crippen LogP contribution is 2.27. The van der Waals surface area contributed by atoms with E-state index in [1.54, 1.807) is 17.7 Å². The van der Waals surface area contributed by atoms with Crippen molar-refractivity contribution in [2.45, 2.75) is 33.7 Å². The number of rotatable bonds is 2. The fourth-order valence-corrected chi connectivity index (χ4v) is 4.88. The SMILES string of the molecule is Cc1cc2c(cc3c(=O)n(CC(=O)N4C[C@@H](C)C[C@H](C)C4)ncn32)s1. The third-order valence-corrected chi connectivity index (χ3v) is 5.90. The molecule has 6 nitrogen and oxygen atoms in total. The van der Waals surface area contributed by atoms with Crippen LogP contribution in [0.2, 0.25) is 0 Å². The Morgan fingerprint density at radius 3 is 2.68 bits per heavy atom. The molecule has 1 amide bonds. The van der Waals surface area contributed by atoms with Gasteiger partial charge in [-0.15, -0.1) is 11.3 Å². The van der Waals surface area contributed by atoms with Crippen molar-refractivity contribution in [2.24, 2.45) is 11.8 Å². The summed E-state index contributed by atoms with van der Waals surface area (Å²) in [7, 11) is 0. The van der Waals surface area contributed by atoms with E-state index < -0.39 is 0 Å². The molecule has 3 aromatic rings. The minimum Gasteiger partial charge on any atom is -0.341 e. The van der Waals surface area contributed by atoms with Crippen LogP contribution in [0, 0.1) is 18.8 Å². The molecular formula is C18H22N4O2S. The second-order valence-corrected chi connectivity index (χ2v) is 8.63. The molecule has 7 heteroatoms. The van der Waals surface area contributed by atoms with E-state index in [-0.39, 0.29) is 18.0 Å². The third-order valence-electron chi connectivity index (χ3n) is 4.92. The van der Waals surface area contributed by atoms with Gasteiger partial charge in [0.25, 0.3) is 5.56 Å². The molecule has 0 unspecified atom stereocenters. The number of fused-ring (bicyclic) bond motifs is 3. The minimum atomic E-state index is -0.213. The number of nitrogens with zero attached hydrogens (tertiary/aromatic N) is 4. The number of piperidine rings is 1. The summed E-state index contributed by atoms with van der Waals surface area (Å²) in [4.78, 5) is 28.4. The van der Waals surface area contributed by atoms with Gasteiger partial charge in [0.05, 0.1) is 10.2 Å². The molecule has 132 valence electrons. The van der Waals surface area contributed by atoms with E-state index in [1.807, 2.05) is 22.3 Å². The second-order valence-electron chi connectivity index (χ2n) is 7.34. The number of aryl methyl sites for hydroxylation is 1. The van der Waals surface area contributed by atoms with Crippen LogP contribution in [0.1, 0.15) is 25.1 Å². The Bertz CT molecular complexity index is 1010. The molecule has 0 aliphatic carbocycles.